The maximum atomic E-state index is 12.8. The van der Waals surface area contributed by atoms with Crippen LogP contribution in [0.3, 0.4) is 0 Å². The Morgan fingerprint density at radius 2 is 1.85 bits per heavy atom. The molecule has 0 spiro atoms. The summed E-state index contributed by atoms with van der Waals surface area (Å²) in [5, 5.41) is -0.138. The monoisotopic (exact) mass is 309 g/mol. The third kappa shape index (κ3) is 5.17. The van der Waals surface area contributed by atoms with Crippen LogP contribution >= 0.6 is 11.6 Å². The van der Waals surface area contributed by atoms with Crippen molar-refractivity contribution in [2.24, 2.45) is 0 Å². The number of aromatic nitrogens is 1. The predicted octanol–water partition coefficient (Wildman–Crippen LogP) is 3.53. The standard InChI is InChI=1S/C13H19ClF3N3/c1-4-20(7-5-6-19(2)3)12-9-10(13(15,16)17)8-11(14)18-12/h8-9H,4-7H2,1-3H3. The normalized spacial score (nSPS) is 12.0. The molecular weight excluding hydrogens is 291 g/mol. The Morgan fingerprint density at radius 3 is 2.35 bits per heavy atom. The zero-order chi connectivity index (χ0) is 15.3. The minimum absolute atomic E-state index is 0.138. The van der Waals surface area contributed by atoms with Crippen molar-refractivity contribution in [3.05, 3.63) is 22.8 Å². The number of rotatable bonds is 6. The second-order valence-corrected chi connectivity index (χ2v) is 5.16. The van der Waals surface area contributed by atoms with Gasteiger partial charge in [0.05, 0.1) is 5.56 Å². The van der Waals surface area contributed by atoms with E-state index in [9.17, 15) is 13.2 Å². The van der Waals surface area contributed by atoms with Gasteiger partial charge in [0.15, 0.2) is 0 Å². The van der Waals surface area contributed by atoms with Crippen LogP contribution in [0.25, 0.3) is 0 Å². The molecule has 7 heteroatoms. The lowest BCUT2D eigenvalue weighted by Crippen LogP contribution is -2.28. The summed E-state index contributed by atoms with van der Waals surface area (Å²) in [4.78, 5) is 7.82. The lowest BCUT2D eigenvalue weighted by molar-refractivity contribution is -0.137. The Morgan fingerprint density at radius 1 is 1.20 bits per heavy atom. The van der Waals surface area contributed by atoms with E-state index in [4.69, 9.17) is 11.6 Å². The topological polar surface area (TPSA) is 19.4 Å². The van der Waals surface area contributed by atoms with Gasteiger partial charge in [-0.15, -0.1) is 0 Å². The molecule has 0 bridgehead atoms. The van der Waals surface area contributed by atoms with E-state index in [1.807, 2.05) is 25.9 Å². The Balaban J connectivity index is 2.89. The second-order valence-electron chi connectivity index (χ2n) is 4.77. The third-order valence-corrected chi connectivity index (χ3v) is 3.04. The number of halogens is 4. The summed E-state index contributed by atoms with van der Waals surface area (Å²) < 4.78 is 38.3. The largest absolute Gasteiger partial charge is 0.416 e. The van der Waals surface area contributed by atoms with E-state index in [0.29, 0.717) is 13.1 Å². The van der Waals surface area contributed by atoms with Gasteiger partial charge < -0.3 is 9.80 Å². The molecule has 1 heterocycles. The molecule has 3 nitrogen and oxygen atoms in total. The van der Waals surface area contributed by atoms with Gasteiger partial charge in [-0.1, -0.05) is 11.6 Å². The molecule has 0 radical (unpaired) electrons. The molecule has 0 aliphatic heterocycles. The van der Waals surface area contributed by atoms with E-state index in [0.717, 1.165) is 25.1 Å². The lowest BCUT2D eigenvalue weighted by Gasteiger charge is -2.23. The maximum Gasteiger partial charge on any atom is 0.416 e. The number of pyridine rings is 1. The van der Waals surface area contributed by atoms with Crippen molar-refractivity contribution in [3.8, 4) is 0 Å². The maximum absolute atomic E-state index is 12.8. The fourth-order valence-corrected chi connectivity index (χ4v) is 2.03. The van der Waals surface area contributed by atoms with Gasteiger partial charge in [-0.25, -0.2) is 4.98 Å². The molecule has 114 valence electrons. The van der Waals surface area contributed by atoms with Crippen molar-refractivity contribution < 1.29 is 13.2 Å². The second kappa shape index (κ2) is 7.13. The molecule has 1 rings (SSSR count). The number of hydrogen-bond acceptors (Lipinski definition) is 3. The van der Waals surface area contributed by atoms with Gasteiger partial charge in [-0.3, -0.25) is 0 Å². The summed E-state index contributed by atoms with van der Waals surface area (Å²) in [5.74, 6) is 0.270. The van der Waals surface area contributed by atoms with Gasteiger partial charge in [0, 0.05) is 13.1 Å². The van der Waals surface area contributed by atoms with Gasteiger partial charge in [0.2, 0.25) is 0 Å². The first kappa shape index (κ1) is 17.0. The quantitative estimate of drug-likeness (QED) is 0.749. The Kier molecular flexibility index (Phi) is 6.07. The van der Waals surface area contributed by atoms with Crippen molar-refractivity contribution in [2.45, 2.75) is 19.5 Å². The first-order valence-electron chi connectivity index (χ1n) is 6.38. The van der Waals surface area contributed by atoms with Crippen LogP contribution in [-0.2, 0) is 6.18 Å². The Bertz CT molecular complexity index is 435. The number of alkyl halides is 3. The fraction of sp³-hybridized carbons (Fsp3) is 0.615. The molecule has 0 saturated carbocycles. The molecule has 1 aromatic heterocycles. The summed E-state index contributed by atoms with van der Waals surface area (Å²) in [5.41, 5.74) is -0.765. The van der Waals surface area contributed by atoms with Crippen molar-refractivity contribution in [1.29, 1.82) is 0 Å². The summed E-state index contributed by atoms with van der Waals surface area (Å²) in [6.45, 7) is 3.96. The van der Waals surface area contributed by atoms with E-state index in [2.05, 4.69) is 4.98 Å². The molecule has 0 aliphatic rings. The van der Waals surface area contributed by atoms with Crippen LogP contribution < -0.4 is 4.90 Å². The highest BCUT2D eigenvalue weighted by Gasteiger charge is 2.32. The fourth-order valence-electron chi connectivity index (χ4n) is 1.82. The molecule has 1 aromatic rings. The SMILES string of the molecule is CCN(CCCN(C)C)c1cc(C(F)(F)F)cc(Cl)n1. The summed E-state index contributed by atoms with van der Waals surface area (Å²) in [6, 6.07) is 1.89. The van der Waals surface area contributed by atoms with Crippen molar-refractivity contribution in [1.82, 2.24) is 9.88 Å². The molecule has 0 fully saturated rings. The summed E-state index contributed by atoms with van der Waals surface area (Å²) in [7, 11) is 3.91. The molecule has 0 amide bonds. The molecular formula is C13H19ClF3N3. The van der Waals surface area contributed by atoms with Crippen molar-refractivity contribution in [2.75, 3.05) is 38.6 Å². The van der Waals surface area contributed by atoms with Gasteiger partial charge in [0.25, 0.3) is 0 Å². The number of nitrogens with zero attached hydrogens (tertiary/aromatic N) is 3. The van der Waals surface area contributed by atoms with Crippen LogP contribution in [0, 0.1) is 0 Å². The summed E-state index contributed by atoms with van der Waals surface area (Å²) >= 11 is 5.70. The summed E-state index contributed by atoms with van der Waals surface area (Å²) in [6.07, 6.45) is -3.57. The Labute approximate surface area is 122 Å². The van der Waals surface area contributed by atoms with E-state index in [-0.39, 0.29) is 11.0 Å². The highest BCUT2D eigenvalue weighted by molar-refractivity contribution is 6.29. The molecule has 0 atom stereocenters. The lowest BCUT2D eigenvalue weighted by atomic mass is 10.2. The van der Waals surface area contributed by atoms with Crippen LogP contribution in [0.5, 0.6) is 0 Å². The van der Waals surface area contributed by atoms with E-state index < -0.39 is 11.7 Å². The molecule has 0 aliphatic carbocycles. The minimum atomic E-state index is -4.41. The molecule has 0 N–H and O–H groups in total. The zero-order valence-electron chi connectivity index (χ0n) is 11.8. The highest BCUT2D eigenvalue weighted by Crippen LogP contribution is 2.32. The van der Waals surface area contributed by atoms with Crippen LogP contribution in [-0.4, -0.2) is 43.6 Å². The smallest absolute Gasteiger partial charge is 0.357 e. The van der Waals surface area contributed by atoms with Crippen LogP contribution in [0.1, 0.15) is 18.9 Å². The van der Waals surface area contributed by atoms with Crippen LogP contribution in [0.2, 0.25) is 5.15 Å². The van der Waals surface area contributed by atoms with Crippen LogP contribution in [0.4, 0.5) is 19.0 Å². The molecule has 0 aromatic carbocycles. The van der Waals surface area contributed by atoms with Crippen LogP contribution in [0.15, 0.2) is 12.1 Å². The number of anilines is 1. The van der Waals surface area contributed by atoms with Crippen molar-refractivity contribution in [3.63, 3.8) is 0 Å². The first-order chi connectivity index (χ1) is 9.24. The van der Waals surface area contributed by atoms with Gasteiger partial charge in [0.1, 0.15) is 11.0 Å². The highest BCUT2D eigenvalue weighted by atomic mass is 35.5. The van der Waals surface area contributed by atoms with Gasteiger partial charge in [-0.2, -0.15) is 13.2 Å². The van der Waals surface area contributed by atoms with E-state index in [1.54, 1.807) is 4.90 Å². The van der Waals surface area contributed by atoms with E-state index in [1.165, 1.54) is 0 Å². The Hall–Kier alpha value is -1.01. The molecule has 0 saturated heterocycles. The molecule has 20 heavy (non-hydrogen) atoms. The van der Waals surface area contributed by atoms with Crippen molar-refractivity contribution >= 4 is 17.4 Å². The zero-order valence-corrected chi connectivity index (χ0v) is 12.6. The van der Waals surface area contributed by atoms with Gasteiger partial charge >= 0.3 is 6.18 Å². The first-order valence-corrected chi connectivity index (χ1v) is 6.76. The molecule has 0 unspecified atom stereocenters. The average Bonchev–Trinajstić information content (AvgIpc) is 2.32. The average molecular weight is 310 g/mol. The third-order valence-electron chi connectivity index (χ3n) is 2.85. The van der Waals surface area contributed by atoms with Gasteiger partial charge in [-0.05, 0) is 46.1 Å². The predicted molar refractivity (Wildman–Crippen MR) is 75.3 cm³/mol. The number of hydrogen-bond donors (Lipinski definition) is 0. The minimum Gasteiger partial charge on any atom is -0.357 e. The van der Waals surface area contributed by atoms with E-state index >= 15 is 0 Å².